The molecular weight excluding hydrogens is 322 g/mol. The van der Waals surface area contributed by atoms with Gasteiger partial charge in [-0.25, -0.2) is 5.43 Å². The number of phenols is 2. The van der Waals surface area contributed by atoms with Crippen molar-refractivity contribution in [2.45, 2.75) is 19.4 Å². The first-order valence-corrected chi connectivity index (χ1v) is 7.79. The van der Waals surface area contributed by atoms with Gasteiger partial charge in [0.25, 0.3) is 5.91 Å². The Labute approximate surface area is 146 Å². The number of hydrogen-bond donors (Lipinski definition) is 4. The van der Waals surface area contributed by atoms with Crippen molar-refractivity contribution in [3.05, 3.63) is 48.0 Å². The Hall–Kier alpha value is -3.22. The van der Waals surface area contributed by atoms with Crippen molar-refractivity contribution in [1.29, 1.82) is 0 Å². The number of nitrogens with zero attached hydrogens (tertiary/aromatic N) is 1. The number of hydrogen-bond acceptors (Lipinski definition) is 6. The van der Waals surface area contributed by atoms with Crippen LogP contribution < -0.4 is 15.5 Å². The molecule has 1 amide bonds. The molecule has 0 fully saturated rings. The molecule has 0 aromatic heterocycles. The summed E-state index contributed by atoms with van der Waals surface area (Å²) in [6, 6.07) is 10.9. The molecule has 0 aliphatic heterocycles. The van der Waals surface area contributed by atoms with Crippen molar-refractivity contribution < 1.29 is 19.7 Å². The Morgan fingerprint density at radius 1 is 1.24 bits per heavy atom. The molecule has 25 heavy (non-hydrogen) atoms. The number of anilines is 1. The maximum absolute atomic E-state index is 12.2. The number of methoxy groups -OCH3 is 1. The lowest BCUT2D eigenvalue weighted by atomic mass is 10.2. The lowest BCUT2D eigenvalue weighted by Gasteiger charge is -2.16. The summed E-state index contributed by atoms with van der Waals surface area (Å²) in [6.07, 6.45) is 1.88. The number of rotatable bonds is 7. The minimum absolute atomic E-state index is 0.0478. The second-order valence-corrected chi connectivity index (χ2v) is 5.31. The average molecular weight is 343 g/mol. The molecule has 132 valence electrons. The number of aromatic hydroxyl groups is 2. The van der Waals surface area contributed by atoms with Gasteiger partial charge in [0.15, 0.2) is 0 Å². The van der Waals surface area contributed by atoms with Gasteiger partial charge in [-0.3, -0.25) is 4.79 Å². The molecule has 7 nitrogen and oxygen atoms in total. The molecule has 0 spiro atoms. The predicted molar refractivity (Wildman–Crippen MR) is 96.2 cm³/mol. The van der Waals surface area contributed by atoms with Crippen molar-refractivity contribution in [2.24, 2.45) is 5.10 Å². The Morgan fingerprint density at radius 2 is 1.96 bits per heavy atom. The van der Waals surface area contributed by atoms with Gasteiger partial charge in [-0.15, -0.1) is 0 Å². The Bertz CT molecular complexity index is 744. The van der Waals surface area contributed by atoms with Gasteiger partial charge < -0.3 is 20.3 Å². The highest BCUT2D eigenvalue weighted by molar-refractivity contribution is 5.88. The molecule has 0 unspecified atom stereocenters. The van der Waals surface area contributed by atoms with Gasteiger partial charge in [0.05, 0.1) is 13.3 Å². The van der Waals surface area contributed by atoms with Crippen LogP contribution >= 0.6 is 0 Å². The maximum Gasteiger partial charge on any atom is 0.262 e. The van der Waals surface area contributed by atoms with Crippen LogP contribution in [0.1, 0.15) is 18.9 Å². The fraction of sp³-hybridized carbons (Fsp3) is 0.222. The average Bonchev–Trinajstić information content (AvgIpc) is 2.61. The van der Waals surface area contributed by atoms with E-state index >= 15 is 0 Å². The largest absolute Gasteiger partial charge is 0.508 e. The van der Waals surface area contributed by atoms with Gasteiger partial charge in [0.1, 0.15) is 23.3 Å². The van der Waals surface area contributed by atoms with Gasteiger partial charge in [-0.05, 0) is 42.8 Å². The smallest absolute Gasteiger partial charge is 0.262 e. The van der Waals surface area contributed by atoms with Crippen LogP contribution in [0.15, 0.2) is 47.6 Å². The van der Waals surface area contributed by atoms with Crippen molar-refractivity contribution in [2.75, 3.05) is 12.4 Å². The van der Waals surface area contributed by atoms with Crippen LogP contribution in [-0.4, -0.2) is 35.5 Å². The van der Waals surface area contributed by atoms with Crippen LogP contribution in [0.2, 0.25) is 0 Å². The van der Waals surface area contributed by atoms with E-state index in [2.05, 4.69) is 15.8 Å². The zero-order chi connectivity index (χ0) is 18.2. The molecule has 7 heteroatoms. The summed E-state index contributed by atoms with van der Waals surface area (Å²) in [7, 11) is 1.59. The summed E-state index contributed by atoms with van der Waals surface area (Å²) in [6.45, 7) is 1.89. The Kier molecular flexibility index (Phi) is 6.22. The minimum Gasteiger partial charge on any atom is -0.508 e. The third-order valence-corrected chi connectivity index (χ3v) is 3.55. The van der Waals surface area contributed by atoms with Crippen LogP contribution in [0, 0.1) is 0 Å². The molecule has 2 aromatic rings. The van der Waals surface area contributed by atoms with E-state index < -0.39 is 6.04 Å². The highest BCUT2D eigenvalue weighted by Gasteiger charge is 2.15. The van der Waals surface area contributed by atoms with E-state index in [4.69, 9.17) is 4.74 Å². The van der Waals surface area contributed by atoms with Gasteiger partial charge in [0, 0.05) is 17.3 Å². The summed E-state index contributed by atoms with van der Waals surface area (Å²) >= 11 is 0. The topological polar surface area (TPSA) is 103 Å². The maximum atomic E-state index is 12.2. The first-order chi connectivity index (χ1) is 12.0. The number of phenolic OH excluding ortho intramolecular Hbond substituents is 2. The number of hydrazone groups is 1. The fourth-order valence-corrected chi connectivity index (χ4v) is 2.13. The molecule has 0 saturated heterocycles. The summed E-state index contributed by atoms with van der Waals surface area (Å²) in [5.41, 5.74) is 3.61. The quantitative estimate of drug-likeness (QED) is 0.457. The third-order valence-electron chi connectivity index (χ3n) is 3.55. The van der Waals surface area contributed by atoms with E-state index in [-0.39, 0.29) is 17.4 Å². The van der Waals surface area contributed by atoms with Crippen molar-refractivity contribution >= 4 is 17.8 Å². The number of carbonyl (C=O) groups excluding carboxylic acids is 1. The van der Waals surface area contributed by atoms with Crippen molar-refractivity contribution in [3.63, 3.8) is 0 Å². The highest BCUT2D eigenvalue weighted by atomic mass is 16.5. The van der Waals surface area contributed by atoms with Gasteiger partial charge in [-0.2, -0.15) is 5.10 Å². The normalized spacial score (nSPS) is 11.9. The minimum atomic E-state index is -0.459. The monoisotopic (exact) mass is 343 g/mol. The molecule has 2 aromatic carbocycles. The van der Waals surface area contributed by atoms with Crippen molar-refractivity contribution in [1.82, 2.24) is 5.43 Å². The number of ether oxygens (including phenoxy) is 1. The molecule has 0 aliphatic carbocycles. The molecule has 0 aliphatic rings. The summed E-state index contributed by atoms with van der Waals surface area (Å²) in [5, 5.41) is 25.9. The van der Waals surface area contributed by atoms with Crippen molar-refractivity contribution in [3.8, 4) is 17.2 Å². The molecule has 1 atom stereocenters. The number of carbonyl (C=O) groups is 1. The molecule has 4 N–H and O–H groups in total. The summed E-state index contributed by atoms with van der Waals surface area (Å²) < 4.78 is 5.10. The van der Waals surface area contributed by atoms with Gasteiger partial charge >= 0.3 is 0 Å². The Balaban J connectivity index is 1.95. The lowest BCUT2D eigenvalue weighted by Crippen LogP contribution is -2.36. The first kappa shape index (κ1) is 18.1. The number of amides is 1. The van der Waals surface area contributed by atoms with E-state index in [1.807, 2.05) is 19.1 Å². The molecule has 0 radical (unpaired) electrons. The van der Waals surface area contributed by atoms with Crippen LogP contribution in [0.5, 0.6) is 17.2 Å². The lowest BCUT2D eigenvalue weighted by molar-refractivity contribution is -0.121. The van der Waals surface area contributed by atoms with E-state index in [1.165, 1.54) is 24.4 Å². The number of nitrogens with one attached hydrogen (secondary N) is 2. The third kappa shape index (κ3) is 5.13. The van der Waals surface area contributed by atoms with Crippen LogP contribution in [0.25, 0.3) is 0 Å². The zero-order valence-electron chi connectivity index (χ0n) is 14.1. The Morgan fingerprint density at radius 3 is 2.56 bits per heavy atom. The molecule has 0 saturated carbocycles. The molecular formula is C18H21N3O4. The number of benzene rings is 2. The molecule has 2 rings (SSSR count). The van der Waals surface area contributed by atoms with E-state index in [0.29, 0.717) is 12.0 Å². The SMILES string of the molecule is CC[C@H](Nc1ccc(OC)cc1)C(=O)N/N=C/c1ccc(O)cc1O. The standard InChI is InChI=1S/C18H21N3O4/c1-3-16(20-13-5-8-15(25-2)9-6-13)18(24)21-19-11-12-4-7-14(22)10-17(12)23/h4-11,16,20,22-23H,3H2,1-2H3,(H,21,24)/b19-11+/t16-/m0/s1. The van der Waals surface area contributed by atoms with Crippen LogP contribution in [-0.2, 0) is 4.79 Å². The predicted octanol–water partition coefficient (Wildman–Crippen LogP) is 2.45. The summed E-state index contributed by atoms with van der Waals surface area (Å²) in [5.74, 6) is 0.268. The second-order valence-electron chi connectivity index (χ2n) is 5.31. The molecule has 0 heterocycles. The van der Waals surface area contributed by atoms with E-state index in [0.717, 1.165) is 11.4 Å². The van der Waals surface area contributed by atoms with Gasteiger partial charge in [-0.1, -0.05) is 6.92 Å². The molecule has 0 bridgehead atoms. The summed E-state index contributed by atoms with van der Waals surface area (Å²) in [4.78, 5) is 12.2. The second kappa shape index (κ2) is 8.58. The van der Waals surface area contributed by atoms with Gasteiger partial charge in [0.2, 0.25) is 0 Å². The van der Waals surface area contributed by atoms with E-state index in [9.17, 15) is 15.0 Å². The highest BCUT2D eigenvalue weighted by Crippen LogP contribution is 2.20. The van der Waals surface area contributed by atoms with Crippen LogP contribution in [0.4, 0.5) is 5.69 Å². The van der Waals surface area contributed by atoms with Crippen LogP contribution in [0.3, 0.4) is 0 Å². The van der Waals surface area contributed by atoms with E-state index in [1.54, 1.807) is 19.2 Å². The first-order valence-electron chi connectivity index (χ1n) is 7.79. The zero-order valence-corrected chi connectivity index (χ0v) is 14.1. The fourth-order valence-electron chi connectivity index (χ4n) is 2.13.